The van der Waals surface area contributed by atoms with Crippen LogP contribution in [0.25, 0.3) is 0 Å². The SMILES string of the molecule is CCOC(=O)[C@H]1[C@@H]2CN(C(=O)Cc3ccc(F)cc3Cl)C[C@@H]2C=C[C@@H]1C. The van der Waals surface area contributed by atoms with Gasteiger partial charge in [0.05, 0.1) is 18.9 Å². The van der Waals surface area contributed by atoms with Crippen molar-refractivity contribution in [3.8, 4) is 0 Å². The number of ether oxygens (including phenoxy) is 1. The molecule has 2 aliphatic rings. The van der Waals surface area contributed by atoms with E-state index in [1.807, 2.05) is 13.0 Å². The Bertz CT molecular complexity index is 736. The Morgan fingerprint density at radius 1 is 1.31 bits per heavy atom. The first-order valence-corrected chi connectivity index (χ1v) is 9.35. The lowest BCUT2D eigenvalue weighted by molar-refractivity contribution is -0.152. The molecular weight excluding hydrogens is 357 g/mol. The van der Waals surface area contributed by atoms with Crippen LogP contribution in [-0.4, -0.2) is 36.5 Å². The number of allylic oxidation sites excluding steroid dienone is 1. The van der Waals surface area contributed by atoms with E-state index >= 15 is 0 Å². The Kier molecular flexibility index (Phi) is 5.66. The second-order valence-electron chi connectivity index (χ2n) is 7.06. The molecule has 1 saturated heterocycles. The monoisotopic (exact) mass is 379 g/mol. The molecule has 0 saturated carbocycles. The summed E-state index contributed by atoms with van der Waals surface area (Å²) < 4.78 is 18.4. The largest absolute Gasteiger partial charge is 0.466 e. The van der Waals surface area contributed by atoms with Crippen molar-refractivity contribution in [3.05, 3.63) is 46.8 Å². The first kappa shape index (κ1) is 18.9. The van der Waals surface area contributed by atoms with E-state index in [2.05, 4.69) is 6.08 Å². The van der Waals surface area contributed by atoms with E-state index in [0.29, 0.717) is 25.3 Å². The van der Waals surface area contributed by atoms with Gasteiger partial charge in [0.1, 0.15) is 5.82 Å². The summed E-state index contributed by atoms with van der Waals surface area (Å²) in [6.07, 6.45) is 4.29. The quantitative estimate of drug-likeness (QED) is 0.594. The predicted octanol–water partition coefficient (Wildman–Crippen LogP) is 3.48. The molecule has 1 aliphatic carbocycles. The fourth-order valence-electron chi connectivity index (χ4n) is 4.04. The van der Waals surface area contributed by atoms with Crippen LogP contribution in [-0.2, 0) is 20.7 Å². The summed E-state index contributed by atoms with van der Waals surface area (Å²) in [6.45, 7) is 5.28. The molecule has 140 valence electrons. The number of hydrogen-bond donors (Lipinski definition) is 0. The van der Waals surface area contributed by atoms with Crippen LogP contribution in [0.2, 0.25) is 5.02 Å². The number of amides is 1. The van der Waals surface area contributed by atoms with Gasteiger partial charge in [-0.15, -0.1) is 0 Å². The molecule has 26 heavy (non-hydrogen) atoms. The van der Waals surface area contributed by atoms with E-state index in [-0.39, 0.29) is 47.0 Å². The maximum absolute atomic E-state index is 13.2. The second-order valence-corrected chi connectivity index (χ2v) is 7.47. The van der Waals surface area contributed by atoms with Crippen LogP contribution in [0.15, 0.2) is 30.4 Å². The van der Waals surface area contributed by atoms with E-state index in [9.17, 15) is 14.0 Å². The third-order valence-electron chi connectivity index (χ3n) is 5.37. The number of fused-ring (bicyclic) bond motifs is 1. The van der Waals surface area contributed by atoms with Gasteiger partial charge in [0.2, 0.25) is 5.91 Å². The summed E-state index contributed by atoms with van der Waals surface area (Å²) in [7, 11) is 0. The predicted molar refractivity (Wildman–Crippen MR) is 97.1 cm³/mol. The molecule has 0 N–H and O–H groups in total. The molecule has 3 rings (SSSR count). The number of hydrogen-bond acceptors (Lipinski definition) is 3. The van der Waals surface area contributed by atoms with Gasteiger partial charge >= 0.3 is 5.97 Å². The maximum Gasteiger partial charge on any atom is 0.309 e. The van der Waals surface area contributed by atoms with Crippen LogP contribution in [0.5, 0.6) is 0 Å². The standard InChI is InChI=1S/C20H23ClFNO3/c1-3-26-20(25)19-12(2)4-5-14-10-23(11-16(14)19)18(24)8-13-6-7-15(22)9-17(13)21/h4-7,9,12,14,16,19H,3,8,10-11H2,1-2H3/t12-,14-,16+,19+/m0/s1. The second kappa shape index (κ2) is 7.78. The Labute approximate surface area is 158 Å². The molecule has 0 unspecified atom stereocenters. The number of halogens is 2. The highest BCUT2D eigenvalue weighted by atomic mass is 35.5. The number of benzene rings is 1. The molecule has 6 heteroatoms. The fraction of sp³-hybridized carbons (Fsp3) is 0.500. The van der Waals surface area contributed by atoms with Gasteiger partial charge in [0.15, 0.2) is 0 Å². The lowest BCUT2D eigenvalue weighted by Crippen LogP contribution is -2.37. The van der Waals surface area contributed by atoms with Gasteiger partial charge < -0.3 is 9.64 Å². The average molecular weight is 380 g/mol. The minimum Gasteiger partial charge on any atom is -0.466 e. The Balaban J connectivity index is 1.71. The summed E-state index contributed by atoms with van der Waals surface area (Å²) in [5, 5.41) is 0.257. The average Bonchev–Trinajstić information content (AvgIpc) is 3.01. The van der Waals surface area contributed by atoms with Crippen LogP contribution < -0.4 is 0 Å². The number of esters is 1. The summed E-state index contributed by atoms with van der Waals surface area (Å²) in [6, 6.07) is 4.07. The third kappa shape index (κ3) is 3.78. The fourth-order valence-corrected chi connectivity index (χ4v) is 4.27. The normalized spacial score (nSPS) is 27.3. The van der Waals surface area contributed by atoms with Gasteiger partial charge in [0, 0.05) is 18.1 Å². The highest BCUT2D eigenvalue weighted by Gasteiger charge is 2.45. The van der Waals surface area contributed by atoms with E-state index in [0.717, 1.165) is 0 Å². The zero-order valence-electron chi connectivity index (χ0n) is 15.0. The molecule has 1 heterocycles. The number of carbonyl (C=O) groups is 2. The Morgan fingerprint density at radius 2 is 2.08 bits per heavy atom. The number of likely N-dealkylation sites (tertiary alicyclic amines) is 1. The molecule has 4 nitrogen and oxygen atoms in total. The first-order chi connectivity index (χ1) is 12.4. The summed E-state index contributed by atoms with van der Waals surface area (Å²) in [4.78, 5) is 26.9. The van der Waals surface area contributed by atoms with E-state index in [4.69, 9.17) is 16.3 Å². The number of rotatable bonds is 4. The van der Waals surface area contributed by atoms with Gasteiger partial charge in [-0.25, -0.2) is 4.39 Å². The topological polar surface area (TPSA) is 46.6 Å². The highest BCUT2D eigenvalue weighted by Crippen LogP contribution is 2.40. The van der Waals surface area contributed by atoms with Crippen LogP contribution >= 0.6 is 11.6 Å². The van der Waals surface area contributed by atoms with Crippen molar-refractivity contribution in [2.24, 2.45) is 23.7 Å². The van der Waals surface area contributed by atoms with Crippen molar-refractivity contribution in [3.63, 3.8) is 0 Å². The van der Waals surface area contributed by atoms with Crippen molar-refractivity contribution in [2.75, 3.05) is 19.7 Å². The summed E-state index contributed by atoms with van der Waals surface area (Å²) >= 11 is 6.04. The molecule has 4 atom stereocenters. The van der Waals surface area contributed by atoms with E-state index < -0.39 is 5.82 Å². The third-order valence-corrected chi connectivity index (χ3v) is 5.72. The zero-order valence-corrected chi connectivity index (χ0v) is 15.7. The Morgan fingerprint density at radius 3 is 2.77 bits per heavy atom. The van der Waals surface area contributed by atoms with Gasteiger partial charge in [-0.3, -0.25) is 9.59 Å². The minimum absolute atomic E-state index is 0.0587. The maximum atomic E-state index is 13.2. The lowest BCUT2D eigenvalue weighted by atomic mass is 9.72. The molecule has 1 amide bonds. The first-order valence-electron chi connectivity index (χ1n) is 8.97. The van der Waals surface area contributed by atoms with Crippen LogP contribution in [0.1, 0.15) is 19.4 Å². The van der Waals surface area contributed by atoms with Crippen molar-refractivity contribution in [2.45, 2.75) is 20.3 Å². The Hall–Kier alpha value is -1.88. The molecule has 0 spiro atoms. The van der Waals surface area contributed by atoms with Gasteiger partial charge in [-0.1, -0.05) is 36.7 Å². The molecule has 1 aliphatic heterocycles. The highest BCUT2D eigenvalue weighted by molar-refractivity contribution is 6.31. The van der Waals surface area contributed by atoms with Crippen LogP contribution in [0, 0.1) is 29.5 Å². The van der Waals surface area contributed by atoms with Crippen molar-refractivity contribution < 1.29 is 18.7 Å². The molecule has 1 fully saturated rings. The van der Waals surface area contributed by atoms with Crippen LogP contribution in [0.3, 0.4) is 0 Å². The minimum atomic E-state index is -0.421. The summed E-state index contributed by atoms with van der Waals surface area (Å²) in [5.74, 6) is -0.564. The molecule has 1 aromatic carbocycles. The molecule has 0 bridgehead atoms. The number of carbonyl (C=O) groups excluding carboxylic acids is 2. The zero-order chi connectivity index (χ0) is 18.8. The van der Waals surface area contributed by atoms with Gasteiger partial charge in [-0.2, -0.15) is 0 Å². The molecule has 0 radical (unpaired) electrons. The smallest absolute Gasteiger partial charge is 0.309 e. The van der Waals surface area contributed by atoms with E-state index in [1.165, 1.54) is 12.1 Å². The van der Waals surface area contributed by atoms with E-state index in [1.54, 1.807) is 17.9 Å². The van der Waals surface area contributed by atoms with Gasteiger partial charge in [-0.05, 0) is 42.4 Å². The molecular formula is C20H23ClFNO3. The van der Waals surface area contributed by atoms with Crippen molar-refractivity contribution in [1.29, 1.82) is 0 Å². The number of nitrogens with zero attached hydrogens (tertiary/aromatic N) is 1. The molecule has 1 aromatic rings. The molecule has 0 aromatic heterocycles. The van der Waals surface area contributed by atoms with Crippen molar-refractivity contribution in [1.82, 2.24) is 4.90 Å². The lowest BCUT2D eigenvalue weighted by Gasteiger charge is -2.31. The van der Waals surface area contributed by atoms with Gasteiger partial charge in [0.25, 0.3) is 0 Å². The van der Waals surface area contributed by atoms with Crippen LogP contribution in [0.4, 0.5) is 4.39 Å². The summed E-state index contributed by atoms with van der Waals surface area (Å²) in [5.41, 5.74) is 0.610. The van der Waals surface area contributed by atoms with Crippen molar-refractivity contribution >= 4 is 23.5 Å².